The van der Waals surface area contributed by atoms with Gasteiger partial charge in [0.1, 0.15) is 49.2 Å². The van der Waals surface area contributed by atoms with Crippen LogP contribution in [0.2, 0.25) is 0 Å². The third-order valence-corrected chi connectivity index (χ3v) is 30.7. The zero-order valence-corrected chi connectivity index (χ0v) is 86.1. The van der Waals surface area contributed by atoms with Crippen LogP contribution in [-0.2, 0) is 51.7 Å². The van der Waals surface area contributed by atoms with Gasteiger partial charge in [0.15, 0.2) is 32.8 Å². The Kier molecular flexibility index (Phi) is 54.6. The molecule has 137 heavy (non-hydrogen) atoms. The van der Waals surface area contributed by atoms with E-state index in [1.807, 2.05) is 37.3 Å². The number of anilines is 2. The average molecular weight is 1960 g/mol. The highest BCUT2D eigenvalue weighted by molar-refractivity contribution is 8.55. The number of Topliss-reactive ketones (excluding diaryl/α,β-unsaturated/α-hetero) is 1. The summed E-state index contributed by atoms with van der Waals surface area (Å²) in [4.78, 5) is 118. The van der Waals surface area contributed by atoms with E-state index in [0.29, 0.717) is 75.6 Å². The van der Waals surface area contributed by atoms with Crippen LogP contribution in [0.25, 0.3) is 21.4 Å². The second-order valence-corrected chi connectivity index (χ2v) is 42.5. The van der Waals surface area contributed by atoms with Crippen molar-refractivity contribution in [3.8, 4) is 17.2 Å². The van der Waals surface area contributed by atoms with Gasteiger partial charge < -0.3 is 53.5 Å². The Labute approximate surface area is 824 Å². The molecular weight excluding hydrogens is 1790 g/mol. The number of hydrogen-bond donors (Lipinski definition) is 2. The van der Waals surface area contributed by atoms with Crippen molar-refractivity contribution < 1.29 is 75.5 Å². The molecule has 760 valence electrons. The number of benzene rings is 3. The zero-order valence-electron chi connectivity index (χ0n) is 83.5. The number of ketones is 1. The van der Waals surface area contributed by atoms with Crippen LogP contribution in [-0.4, -0.2) is 145 Å². The first kappa shape index (κ1) is 112. The summed E-state index contributed by atoms with van der Waals surface area (Å²) in [6.07, 6.45) is 59.1. The van der Waals surface area contributed by atoms with Gasteiger partial charge in [-0.2, -0.15) is 4.98 Å². The predicted molar refractivity (Wildman–Crippen MR) is 547 cm³/mol. The highest BCUT2D eigenvalue weighted by atomic mass is 32.7. The number of ether oxygens (including phenoxy) is 7. The first-order chi connectivity index (χ1) is 66.9. The van der Waals surface area contributed by atoms with Gasteiger partial charge in [-0.3, -0.25) is 42.2 Å². The van der Waals surface area contributed by atoms with E-state index in [-0.39, 0.29) is 80.9 Å². The molecule has 7 atom stereocenters. The van der Waals surface area contributed by atoms with Crippen molar-refractivity contribution in [2.45, 2.75) is 429 Å². The number of nitrogens with one attached hydrogen (secondary N) is 2. The molecule has 2 fully saturated rings. The maximum atomic E-state index is 15.7. The van der Waals surface area contributed by atoms with Crippen LogP contribution in [0.5, 0.6) is 17.2 Å². The molecule has 0 saturated carbocycles. The Bertz CT molecular complexity index is 4640. The molecule has 3 aromatic carbocycles. The minimum absolute atomic E-state index is 0.0444. The molecule has 0 spiro atoms. The molecule has 3 unspecified atom stereocenters. The lowest BCUT2D eigenvalue weighted by molar-refractivity contribution is -0.153. The number of amides is 3. The number of fused-ring (bicyclic) bond motifs is 2. The van der Waals surface area contributed by atoms with E-state index in [1.54, 1.807) is 48.0 Å². The molecule has 0 radical (unpaired) electrons. The van der Waals surface area contributed by atoms with E-state index in [4.69, 9.17) is 47.2 Å². The molecule has 2 saturated heterocycles. The van der Waals surface area contributed by atoms with Crippen molar-refractivity contribution in [3.05, 3.63) is 113 Å². The molecule has 30 heteroatoms. The van der Waals surface area contributed by atoms with Gasteiger partial charge in [0.05, 0.1) is 74.6 Å². The minimum atomic E-state index is -4.39. The molecule has 27 nitrogen and oxygen atoms in total. The molecule has 2 aliphatic heterocycles. The lowest BCUT2D eigenvalue weighted by atomic mass is 10.0. The first-order valence-electron chi connectivity index (χ1n) is 52.8. The van der Waals surface area contributed by atoms with Crippen molar-refractivity contribution >= 4 is 98.0 Å². The van der Waals surface area contributed by atoms with Crippen LogP contribution < -0.4 is 30.5 Å². The fourth-order valence-corrected chi connectivity index (χ4v) is 22.8. The monoisotopic (exact) mass is 1960 g/mol. The van der Waals surface area contributed by atoms with Gasteiger partial charge in [0.25, 0.3) is 11.8 Å². The van der Waals surface area contributed by atoms with Crippen LogP contribution >= 0.6 is 29.5 Å². The van der Waals surface area contributed by atoms with Gasteiger partial charge in [-0.05, 0) is 75.1 Å². The number of unbranched alkanes of at least 4 members (excludes halogenated alkanes) is 45. The number of aromatic nitrogens is 7. The quantitative estimate of drug-likeness (QED) is 0.0203. The van der Waals surface area contributed by atoms with E-state index < -0.39 is 73.8 Å². The SMILES string of the molecule is CCCCCCCCCCCCCCCCCCOc1cc(C(=O)N(C)CCOC(=O)CCC(=O)Nc2ccn([C@H]3CC(OC(=O)CCC(C)=O)[C@@H](COP(=O)(OC4C[C@H](n5cnc6c(NC(=O)c7ccccc7)ncnc65)O[C@@H]4CC)Sc4nc5ccccc5s4)O3)c(=O)n2)cc(OCCCCCCCCCCCCCCCCCC)c1OCCCCCCCCCCCCCCCCCC. The number of carbonyl (C=O) groups is 6. The number of thiazole rings is 1. The van der Waals surface area contributed by atoms with E-state index in [9.17, 15) is 33.6 Å². The molecule has 2 aliphatic rings. The van der Waals surface area contributed by atoms with Crippen molar-refractivity contribution in [1.82, 2.24) is 39.0 Å². The third kappa shape index (κ3) is 42.6. The number of esters is 2. The maximum Gasteiger partial charge on any atom is 0.396 e. The van der Waals surface area contributed by atoms with Gasteiger partial charge in [-0.15, -0.1) is 11.3 Å². The number of rotatable bonds is 78. The Morgan fingerprint density at radius 1 is 0.511 bits per heavy atom. The average Bonchev–Trinajstić information content (AvgIpc) is 1.65. The van der Waals surface area contributed by atoms with Gasteiger partial charge in [-0.25, -0.2) is 29.3 Å². The second kappa shape index (κ2) is 66.5. The lowest BCUT2D eigenvalue weighted by Gasteiger charge is -2.25. The summed E-state index contributed by atoms with van der Waals surface area (Å²) in [5.74, 6) is -1.40. The number of hydrogen-bond acceptors (Lipinski definition) is 24. The highest BCUT2D eigenvalue weighted by Gasteiger charge is 2.46. The summed E-state index contributed by atoms with van der Waals surface area (Å²) in [6, 6.07) is 21.0. The fraction of sp³-hybridized carbons (Fsp3) is 0.682. The van der Waals surface area contributed by atoms with E-state index in [1.165, 1.54) is 298 Å². The molecule has 9 rings (SSSR count). The van der Waals surface area contributed by atoms with Crippen molar-refractivity contribution in [2.75, 3.05) is 57.3 Å². The summed E-state index contributed by atoms with van der Waals surface area (Å²) < 4.78 is 77.4. The Morgan fingerprint density at radius 2 is 0.993 bits per heavy atom. The normalized spacial score (nSPS) is 16.3. The van der Waals surface area contributed by atoms with Crippen LogP contribution in [0.1, 0.15) is 421 Å². The largest absolute Gasteiger partial charge is 0.490 e. The lowest BCUT2D eigenvalue weighted by Crippen LogP contribution is -2.31. The Balaban J connectivity index is 0.789. The molecule has 0 bridgehead atoms. The first-order valence-corrected chi connectivity index (χ1v) is 56.6. The number of para-hydroxylation sites is 1. The van der Waals surface area contributed by atoms with Gasteiger partial charge in [0, 0.05) is 61.4 Å². The molecule has 0 aliphatic carbocycles. The van der Waals surface area contributed by atoms with Gasteiger partial charge >= 0.3 is 24.4 Å². The topological polar surface area (TPSA) is 321 Å². The van der Waals surface area contributed by atoms with E-state index in [2.05, 4.69) is 51.3 Å². The third-order valence-electron chi connectivity index (χ3n) is 25.8. The summed E-state index contributed by atoms with van der Waals surface area (Å²) in [5.41, 5.74) is 1.28. The molecule has 7 aromatic rings. The van der Waals surface area contributed by atoms with E-state index in [0.717, 1.165) is 78.4 Å². The van der Waals surface area contributed by atoms with Crippen LogP contribution in [0.4, 0.5) is 11.6 Å². The number of carbonyl (C=O) groups excluding carboxylic acids is 6. The summed E-state index contributed by atoms with van der Waals surface area (Å²) in [5, 5.41) is 5.43. The molecule has 6 heterocycles. The summed E-state index contributed by atoms with van der Waals surface area (Å²) >= 11 is 2.09. The number of imidazole rings is 1. The second-order valence-electron chi connectivity index (χ2n) is 37.4. The highest BCUT2D eigenvalue weighted by Crippen LogP contribution is 2.66. The Morgan fingerprint density at radius 3 is 1.50 bits per heavy atom. The number of nitrogens with zero attached hydrogens (tertiary/aromatic N) is 8. The maximum absolute atomic E-state index is 15.7. The standard InChI is InChI=1S/C107H163N10O17PS2/c1-7-11-14-17-20-23-26-29-32-35-38-41-44-47-50-58-72-126-90-76-85(77-91(127-73-59-51-48-45-42-39-36-33-30-27-24-21-18-15-12-8-2)101(90)129-74-60-52-49-46-43-40-37-34-31-28-25-22-19-16-13-9-3)105(123)115(6)71-75-128-98(120)68-66-95(119)112-94-69-70-116(106(124)113-94)96-78-88(133-99(121)67-65-83(5)118)92(132-96)80-130-135(125,137-107-111-86-63-56-57-64-93(86)136-107)134-89-79-97(131-87(89)10-4)117-82-110-100-102(108-81-109-103(100)117)114-104(122)84-61-54-53-55-62-84/h53-57,61-64,69-70,76-77,81-82,87-89,92,96-97H,7-52,58-60,65-68,71-75,78-80H2,1-6H3,(H,108,109,114,122)(H,112,113,119,124)/t87-,88?,89?,92-,96-,97-,135?/m1/s1. The van der Waals surface area contributed by atoms with Crippen LogP contribution in [0, 0.1) is 0 Å². The zero-order chi connectivity index (χ0) is 97.1. The van der Waals surface area contributed by atoms with Crippen molar-refractivity contribution in [2.24, 2.45) is 0 Å². The van der Waals surface area contributed by atoms with Gasteiger partial charge in [-0.1, -0.05) is 347 Å². The summed E-state index contributed by atoms with van der Waals surface area (Å²) in [6.45, 7) is 6.52. The van der Waals surface area contributed by atoms with Crippen LogP contribution in [0.15, 0.2) is 101 Å². The van der Waals surface area contributed by atoms with E-state index >= 15 is 4.57 Å². The van der Waals surface area contributed by atoms with Crippen molar-refractivity contribution in [3.63, 3.8) is 0 Å². The molecule has 3 amide bonds. The fourth-order valence-electron chi connectivity index (χ4n) is 17.7. The van der Waals surface area contributed by atoms with Gasteiger partial charge in [0.2, 0.25) is 11.7 Å². The minimum Gasteiger partial charge on any atom is -0.490 e. The van der Waals surface area contributed by atoms with Crippen LogP contribution in [0.3, 0.4) is 0 Å². The smallest absolute Gasteiger partial charge is 0.396 e. The predicted octanol–water partition coefficient (Wildman–Crippen LogP) is 27.5. The molecular formula is C107H163N10O17PS2. The number of likely N-dealkylation sites (N-methyl/N-ethyl adjacent to an activating group) is 1. The molecule has 4 aromatic heterocycles. The Hall–Kier alpha value is -8.18. The molecule has 2 N–H and O–H groups in total. The van der Waals surface area contributed by atoms with Crippen molar-refractivity contribution in [1.29, 1.82) is 0 Å². The summed E-state index contributed by atoms with van der Waals surface area (Å²) in [7, 11) is 1.65.